The fourth-order valence-electron chi connectivity index (χ4n) is 2.27. The number of aliphatic hydroxyl groups is 1. The Bertz CT molecular complexity index is 370. The minimum atomic E-state index is -1.25. The van der Waals surface area contributed by atoms with E-state index in [1.54, 1.807) is 0 Å². The fourth-order valence-corrected chi connectivity index (χ4v) is 2.27. The summed E-state index contributed by atoms with van der Waals surface area (Å²) in [4.78, 5) is 22.9. The molecule has 0 bridgehead atoms. The number of carbonyl (C=O) groups is 2. The number of carboxylic acids is 1. The van der Waals surface area contributed by atoms with E-state index in [4.69, 9.17) is 14.6 Å². The lowest BCUT2D eigenvalue weighted by atomic mass is 9.97. The highest BCUT2D eigenvalue weighted by molar-refractivity contribution is 5.96. The molecule has 0 aromatic heterocycles. The second-order valence-electron chi connectivity index (χ2n) is 5.02. The summed E-state index contributed by atoms with van der Waals surface area (Å²) in [6, 6.07) is 0. The van der Waals surface area contributed by atoms with E-state index in [-0.39, 0.29) is 11.7 Å². The Hall–Kier alpha value is -1.40. The van der Waals surface area contributed by atoms with E-state index >= 15 is 0 Å². The van der Waals surface area contributed by atoms with Crippen LogP contribution < -0.4 is 0 Å². The molecule has 0 aromatic carbocycles. The summed E-state index contributed by atoms with van der Waals surface area (Å²) < 4.78 is 10.1. The standard InChI is InChI=1S/C14H22O6/c1-9(13(17)19-2)11(8-12(15)16)14(18)20-10-6-4-3-5-7-10/h8-10,13,17H,3-7H2,1-2H3,(H,15,16)/b11-8+. The van der Waals surface area contributed by atoms with Gasteiger partial charge in [0.2, 0.25) is 0 Å². The SMILES string of the molecule is COC(O)C(C)/C(=C\C(=O)O)C(=O)OC1CCCCC1. The minimum Gasteiger partial charge on any atom is -0.478 e. The second kappa shape index (κ2) is 8.01. The maximum atomic E-state index is 12.1. The Morgan fingerprint density at radius 3 is 2.35 bits per heavy atom. The molecule has 6 nitrogen and oxygen atoms in total. The molecule has 0 radical (unpaired) electrons. The maximum absolute atomic E-state index is 12.1. The van der Waals surface area contributed by atoms with Gasteiger partial charge >= 0.3 is 11.9 Å². The number of carboxylic acid groups (broad SMARTS) is 1. The largest absolute Gasteiger partial charge is 0.478 e. The number of carbonyl (C=O) groups excluding carboxylic acids is 1. The van der Waals surface area contributed by atoms with Gasteiger partial charge in [0.15, 0.2) is 6.29 Å². The Morgan fingerprint density at radius 1 is 1.25 bits per heavy atom. The third kappa shape index (κ3) is 4.94. The lowest BCUT2D eigenvalue weighted by molar-refractivity contribution is -0.150. The number of rotatable bonds is 6. The first-order valence-electron chi connectivity index (χ1n) is 6.82. The van der Waals surface area contributed by atoms with Crippen LogP contribution in [0.15, 0.2) is 11.6 Å². The quantitative estimate of drug-likeness (QED) is 0.436. The number of hydrogen-bond donors (Lipinski definition) is 2. The number of aliphatic hydroxyl groups excluding tert-OH is 1. The van der Waals surface area contributed by atoms with Crippen molar-refractivity contribution in [2.24, 2.45) is 5.92 Å². The summed E-state index contributed by atoms with van der Waals surface area (Å²) in [7, 11) is 1.28. The molecule has 0 saturated heterocycles. The molecule has 2 atom stereocenters. The molecule has 0 spiro atoms. The van der Waals surface area contributed by atoms with Crippen molar-refractivity contribution in [2.45, 2.75) is 51.4 Å². The van der Waals surface area contributed by atoms with Crippen LogP contribution >= 0.6 is 0 Å². The van der Waals surface area contributed by atoms with Crippen molar-refractivity contribution in [1.29, 1.82) is 0 Å². The molecule has 1 rings (SSSR count). The Balaban J connectivity index is 2.76. The third-order valence-electron chi connectivity index (χ3n) is 3.50. The topological polar surface area (TPSA) is 93.1 Å². The molecule has 1 aliphatic rings. The number of esters is 1. The predicted molar refractivity (Wildman–Crippen MR) is 70.9 cm³/mol. The molecule has 0 amide bonds. The van der Waals surface area contributed by atoms with Crippen molar-refractivity contribution in [2.75, 3.05) is 7.11 Å². The zero-order valence-electron chi connectivity index (χ0n) is 11.9. The third-order valence-corrected chi connectivity index (χ3v) is 3.50. The summed E-state index contributed by atoms with van der Waals surface area (Å²) in [5, 5.41) is 18.4. The van der Waals surface area contributed by atoms with Crippen LogP contribution in [0.5, 0.6) is 0 Å². The van der Waals surface area contributed by atoms with Gasteiger partial charge in [0, 0.05) is 19.1 Å². The van der Waals surface area contributed by atoms with Crippen molar-refractivity contribution in [1.82, 2.24) is 0 Å². The van der Waals surface area contributed by atoms with Gasteiger partial charge in [-0.05, 0) is 25.7 Å². The first-order valence-corrected chi connectivity index (χ1v) is 6.82. The molecule has 1 fully saturated rings. The minimum absolute atomic E-state index is 0.0857. The summed E-state index contributed by atoms with van der Waals surface area (Å²) in [5.74, 6) is -2.72. The van der Waals surface area contributed by atoms with Gasteiger partial charge in [-0.2, -0.15) is 0 Å². The molecule has 20 heavy (non-hydrogen) atoms. The predicted octanol–water partition coefficient (Wildman–Crippen LogP) is 1.47. The Labute approximate surface area is 118 Å². The summed E-state index contributed by atoms with van der Waals surface area (Å²) in [6.07, 6.45) is 4.10. The van der Waals surface area contributed by atoms with Crippen LogP contribution in [-0.4, -0.2) is 41.7 Å². The smallest absolute Gasteiger partial charge is 0.335 e. The van der Waals surface area contributed by atoms with Crippen molar-refractivity contribution >= 4 is 11.9 Å². The first-order chi connectivity index (χ1) is 9.45. The van der Waals surface area contributed by atoms with Crippen LogP contribution in [-0.2, 0) is 19.1 Å². The highest BCUT2D eigenvalue weighted by atomic mass is 16.6. The summed E-state index contributed by atoms with van der Waals surface area (Å²) in [6.45, 7) is 1.52. The van der Waals surface area contributed by atoms with E-state index in [1.165, 1.54) is 14.0 Å². The first kappa shape index (κ1) is 16.7. The van der Waals surface area contributed by atoms with Crippen LogP contribution in [0.1, 0.15) is 39.0 Å². The van der Waals surface area contributed by atoms with Crippen LogP contribution in [0.25, 0.3) is 0 Å². The van der Waals surface area contributed by atoms with Crippen molar-refractivity contribution in [3.63, 3.8) is 0 Å². The molecular formula is C14H22O6. The van der Waals surface area contributed by atoms with E-state index < -0.39 is 24.1 Å². The van der Waals surface area contributed by atoms with Crippen molar-refractivity contribution in [3.05, 3.63) is 11.6 Å². The lowest BCUT2D eigenvalue weighted by Crippen LogP contribution is -2.29. The van der Waals surface area contributed by atoms with E-state index in [0.29, 0.717) is 0 Å². The highest BCUT2D eigenvalue weighted by Crippen LogP contribution is 2.24. The molecule has 1 saturated carbocycles. The lowest BCUT2D eigenvalue weighted by Gasteiger charge is -2.24. The molecule has 6 heteroatoms. The van der Waals surface area contributed by atoms with Crippen LogP contribution in [0.3, 0.4) is 0 Å². The molecule has 0 aromatic rings. The van der Waals surface area contributed by atoms with Gasteiger partial charge in [-0.3, -0.25) is 0 Å². The monoisotopic (exact) mass is 286 g/mol. The number of hydrogen-bond acceptors (Lipinski definition) is 5. The molecule has 114 valence electrons. The number of ether oxygens (including phenoxy) is 2. The number of methoxy groups -OCH3 is 1. The number of aliphatic carboxylic acids is 1. The van der Waals surface area contributed by atoms with Gasteiger partial charge in [0.1, 0.15) is 6.10 Å². The average molecular weight is 286 g/mol. The summed E-state index contributed by atoms with van der Waals surface area (Å²) >= 11 is 0. The van der Waals surface area contributed by atoms with Crippen LogP contribution in [0.2, 0.25) is 0 Å². The molecule has 2 unspecified atom stereocenters. The second-order valence-corrected chi connectivity index (χ2v) is 5.02. The van der Waals surface area contributed by atoms with Crippen LogP contribution in [0, 0.1) is 5.92 Å². The van der Waals surface area contributed by atoms with E-state index in [1.807, 2.05) is 0 Å². The fraction of sp³-hybridized carbons (Fsp3) is 0.714. The van der Waals surface area contributed by atoms with Gasteiger partial charge < -0.3 is 19.7 Å². The van der Waals surface area contributed by atoms with Gasteiger partial charge in [0.25, 0.3) is 0 Å². The van der Waals surface area contributed by atoms with E-state index in [9.17, 15) is 14.7 Å². The molecule has 2 N–H and O–H groups in total. The molecule has 1 aliphatic carbocycles. The molecular weight excluding hydrogens is 264 g/mol. The molecule has 0 aliphatic heterocycles. The van der Waals surface area contributed by atoms with Crippen molar-refractivity contribution < 1.29 is 29.3 Å². The van der Waals surface area contributed by atoms with Gasteiger partial charge in [-0.25, -0.2) is 9.59 Å². The molecule has 0 heterocycles. The zero-order valence-corrected chi connectivity index (χ0v) is 11.9. The van der Waals surface area contributed by atoms with Gasteiger partial charge in [-0.15, -0.1) is 0 Å². The van der Waals surface area contributed by atoms with E-state index in [2.05, 4.69) is 0 Å². The Kier molecular flexibility index (Phi) is 6.67. The highest BCUT2D eigenvalue weighted by Gasteiger charge is 2.28. The van der Waals surface area contributed by atoms with Gasteiger partial charge in [-0.1, -0.05) is 13.3 Å². The van der Waals surface area contributed by atoms with E-state index in [0.717, 1.165) is 38.2 Å². The summed E-state index contributed by atoms with van der Waals surface area (Å²) in [5.41, 5.74) is -0.0857. The normalized spacial score (nSPS) is 20.2. The average Bonchev–Trinajstić information content (AvgIpc) is 2.43. The van der Waals surface area contributed by atoms with Crippen molar-refractivity contribution in [3.8, 4) is 0 Å². The maximum Gasteiger partial charge on any atom is 0.335 e. The van der Waals surface area contributed by atoms with Gasteiger partial charge in [0.05, 0.1) is 5.57 Å². The zero-order chi connectivity index (χ0) is 15.1. The Morgan fingerprint density at radius 2 is 1.85 bits per heavy atom. The van der Waals surface area contributed by atoms with Crippen LogP contribution in [0.4, 0.5) is 0 Å².